The van der Waals surface area contributed by atoms with E-state index in [2.05, 4.69) is 10.1 Å². The fourth-order valence-electron chi connectivity index (χ4n) is 2.26. The van der Waals surface area contributed by atoms with E-state index in [-0.39, 0.29) is 36.7 Å². The van der Waals surface area contributed by atoms with E-state index in [0.717, 1.165) is 19.3 Å². The summed E-state index contributed by atoms with van der Waals surface area (Å²) in [6.07, 6.45) is 3.27. The lowest BCUT2D eigenvalue weighted by Crippen LogP contribution is -2.46. The van der Waals surface area contributed by atoms with Gasteiger partial charge in [-0.2, -0.15) is 0 Å². The van der Waals surface area contributed by atoms with Crippen molar-refractivity contribution in [2.75, 3.05) is 20.2 Å². The second-order valence-corrected chi connectivity index (χ2v) is 5.05. The van der Waals surface area contributed by atoms with Crippen molar-refractivity contribution in [3.63, 3.8) is 0 Å². The summed E-state index contributed by atoms with van der Waals surface area (Å²) in [6.45, 7) is 3.38. The van der Waals surface area contributed by atoms with Crippen molar-refractivity contribution >= 4 is 17.8 Å². The van der Waals surface area contributed by atoms with E-state index >= 15 is 0 Å². The molecule has 0 aromatic heterocycles. The molecular weight excluding hydrogens is 260 g/mol. The Morgan fingerprint density at radius 2 is 1.80 bits per heavy atom. The number of amides is 2. The zero-order valence-electron chi connectivity index (χ0n) is 12.3. The van der Waals surface area contributed by atoms with Gasteiger partial charge in [0.1, 0.15) is 0 Å². The number of methoxy groups -OCH3 is 1. The maximum Gasteiger partial charge on any atom is 0.306 e. The molecule has 114 valence electrons. The van der Waals surface area contributed by atoms with E-state index in [4.69, 9.17) is 0 Å². The number of likely N-dealkylation sites (tertiary alicyclic amines) is 1. The topological polar surface area (TPSA) is 75.7 Å². The SMILES string of the molecule is CCCC(=O)N1CCC(NC(=O)CCC(=O)OC)CC1. The number of hydrogen-bond donors (Lipinski definition) is 1. The van der Waals surface area contributed by atoms with Gasteiger partial charge in [0.2, 0.25) is 11.8 Å². The second kappa shape index (κ2) is 8.55. The molecule has 0 spiro atoms. The molecule has 1 saturated heterocycles. The predicted octanol–water partition coefficient (Wildman–Crippen LogP) is 0.847. The van der Waals surface area contributed by atoms with E-state index < -0.39 is 0 Å². The first-order valence-corrected chi connectivity index (χ1v) is 7.20. The van der Waals surface area contributed by atoms with Gasteiger partial charge in [-0.25, -0.2) is 0 Å². The van der Waals surface area contributed by atoms with Gasteiger partial charge in [-0.3, -0.25) is 14.4 Å². The van der Waals surface area contributed by atoms with Gasteiger partial charge in [-0.05, 0) is 19.3 Å². The maximum absolute atomic E-state index is 11.7. The molecule has 0 bridgehead atoms. The van der Waals surface area contributed by atoms with Crippen molar-refractivity contribution in [3.05, 3.63) is 0 Å². The molecule has 1 rings (SSSR count). The first-order valence-electron chi connectivity index (χ1n) is 7.20. The fourth-order valence-corrected chi connectivity index (χ4v) is 2.26. The minimum Gasteiger partial charge on any atom is -0.469 e. The van der Waals surface area contributed by atoms with Crippen LogP contribution in [-0.4, -0.2) is 48.9 Å². The summed E-state index contributed by atoms with van der Waals surface area (Å²) in [5.41, 5.74) is 0. The van der Waals surface area contributed by atoms with Crippen molar-refractivity contribution < 1.29 is 19.1 Å². The Morgan fingerprint density at radius 1 is 1.15 bits per heavy atom. The van der Waals surface area contributed by atoms with Gasteiger partial charge in [0.05, 0.1) is 13.5 Å². The van der Waals surface area contributed by atoms with E-state index in [0.29, 0.717) is 19.5 Å². The van der Waals surface area contributed by atoms with E-state index in [9.17, 15) is 14.4 Å². The Morgan fingerprint density at radius 3 is 2.35 bits per heavy atom. The van der Waals surface area contributed by atoms with Gasteiger partial charge in [-0.15, -0.1) is 0 Å². The predicted molar refractivity (Wildman–Crippen MR) is 73.9 cm³/mol. The van der Waals surface area contributed by atoms with Crippen molar-refractivity contribution in [3.8, 4) is 0 Å². The number of piperidine rings is 1. The molecule has 0 aromatic carbocycles. The third kappa shape index (κ3) is 5.59. The molecule has 0 aliphatic carbocycles. The van der Waals surface area contributed by atoms with Crippen LogP contribution in [0.5, 0.6) is 0 Å². The average Bonchev–Trinajstić information content (AvgIpc) is 2.45. The molecule has 1 aliphatic rings. The number of carbonyl (C=O) groups is 3. The normalized spacial score (nSPS) is 15.8. The molecule has 1 fully saturated rings. The maximum atomic E-state index is 11.7. The molecule has 2 amide bonds. The molecule has 0 atom stereocenters. The third-order valence-corrected chi connectivity index (χ3v) is 3.46. The van der Waals surface area contributed by atoms with Gasteiger partial charge in [0.15, 0.2) is 0 Å². The zero-order chi connectivity index (χ0) is 15.0. The van der Waals surface area contributed by atoms with Crippen LogP contribution in [0.15, 0.2) is 0 Å². The lowest BCUT2D eigenvalue weighted by Gasteiger charge is -2.32. The number of esters is 1. The first-order chi connectivity index (χ1) is 9.56. The van der Waals surface area contributed by atoms with Gasteiger partial charge >= 0.3 is 5.97 Å². The summed E-state index contributed by atoms with van der Waals surface area (Å²) in [5, 5.41) is 2.91. The Hall–Kier alpha value is -1.59. The quantitative estimate of drug-likeness (QED) is 0.734. The minimum absolute atomic E-state index is 0.103. The minimum atomic E-state index is -0.375. The summed E-state index contributed by atoms with van der Waals surface area (Å²) in [4.78, 5) is 36.2. The van der Waals surface area contributed by atoms with Gasteiger partial charge in [0, 0.05) is 32.0 Å². The molecule has 0 unspecified atom stereocenters. The highest BCUT2D eigenvalue weighted by atomic mass is 16.5. The number of carbonyl (C=O) groups excluding carboxylic acids is 3. The molecule has 1 aliphatic heterocycles. The zero-order valence-corrected chi connectivity index (χ0v) is 12.3. The molecule has 20 heavy (non-hydrogen) atoms. The van der Waals surface area contributed by atoms with Crippen LogP contribution in [0.2, 0.25) is 0 Å². The molecule has 0 saturated carbocycles. The summed E-state index contributed by atoms with van der Waals surface area (Å²) >= 11 is 0. The Balaban J connectivity index is 2.23. The molecule has 6 nitrogen and oxygen atoms in total. The van der Waals surface area contributed by atoms with Crippen molar-refractivity contribution in [1.29, 1.82) is 0 Å². The molecular formula is C14H24N2O4. The van der Waals surface area contributed by atoms with Gasteiger partial charge in [-0.1, -0.05) is 6.92 Å². The van der Waals surface area contributed by atoms with E-state index in [1.165, 1.54) is 7.11 Å². The Bertz CT molecular complexity index is 349. The van der Waals surface area contributed by atoms with E-state index in [1.54, 1.807) is 0 Å². The number of ether oxygens (including phenoxy) is 1. The van der Waals surface area contributed by atoms with Crippen LogP contribution in [0.3, 0.4) is 0 Å². The first kappa shape index (κ1) is 16.5. The number of nitrogens with one attached hydrogen (secondary N) is 1. The Labute approximate surface area is 119 Å². The van der Waals surface area contributed by atoms with Crippen LogP contribution >= 0.6 is 0 Å². The summed E-state index contributed by atoms with van der Waals surface area (Å²) in [6, 6.07) is 0.103. The lowest BCUT2D eigenvalue weighted by atomic mass is 10.0. The van der Waals surface area contributed by atoms with Crippen LogP contribution in [-0.2, 0) is 19.1 Å². The largest absolute Gasteiger partial charge is 0.469 e. The van der Waals surface area contributed by atoms with Crippen molar-refractivity contribution in [2.45, 2.75) is 51.5 Å². The number of nitrogens with zero attached hydrogens (tertiary/aromatic N) is 1. The highest BCUT2D eigenvalue weighted by Crippen LogP contribution is 2.12. The van der Waals surface area contributed by atoms with E-state index in [1.807, 2.05) is 11.8 Å². The van der Waals surface area contributed by atoms with Crippen LogP contribution in [0.1, 0.15) is 45.4 Å². The number of rotatable bonds is 6. The molecule has 1 heterocycles. The average molecular weight is 284 g/mol. The molecule has 0 aromatic rings. The van der Waals surface area contributed by atoms with Crippen LogP contribution in [0.25, 0.3) is 0 Å². The summed E-state index contributed by atoms with van der Waals surface area (Å²) < 4.78 is 4.49. The summed E-state index contributed by atoms with van der Waals surface area (Å²) in [5.74, 6) is -0.308. The molecule has 0 radical (unpaired) electrons. The van der Waals surface area contributed by atoms with Crippen LogP contribution in [0, 0.1) is 0 Å². The standard InChI is InChI=1S/C14H24N2O4/c1-3-4-13(18)16-9-7-11(8-10-16)15-12(17)5-6-14(19)20-2/h11H,3-10H2,1-2H3,(H,15,17). The van der Waals surface area contributed by atoms with Crippen LogP contribution < -0.4 is 5.32 Å². The van der Waals surface area contributed by atoms with Crippen molar-refractivity contribution in [2.24, 2.45) is 0 Å². The smallest absolute Gasteiger partial charge is 0.306 e. The van der Waals surface area contributed by atoms with Crippen LogP contribution in [0.4, 0.5) is 0 Å². The monoisotopic (exact) mass is 284 g/mol. The molecule has 1 N–H and O–H groups in total. The fraction of sp³-hybridized carbons (Fsp3) is 0.786. The Kier molecular flexibility index (Phi) is 7.04. The summed E-state index contributed by atoms with van der Waals surface area (Å²) in [7, 11) is 1.31. The highest BCUT2D eigenvalue weighted by molar-refractivity contribution is 5.81. The highest BCUT2D eigenvalue weighted by Gasteiger charge is 2.23. The van der Waals surface area contributed by atoms with Gasteiger partial charge in [0.25, 0.3) is 0 Å². The number of hydrogen-bond acceptors (Lipinski definition) is 4. The van der Waals surface area contributed by atoms with Gasteiger partial charge < -0.3 is 15.0 Å². The lowest BCUT2D eigenvalue weighted by molar-refractivity contribution is -0.142. The molecule has 6 heteroatoms. The van der Waals surface area contributed by atoms with Crippen molar-refractivity contribution in [1.82, 2.24) is 10.2 Å². The second-order valence-electron chi connectivity index (χ2n) is 5.05. The third-order valence-electron chi connectivity index (χ3n) is 3.46.